The number of nitrogens with zero attached hydrogens (tertiary/aromatic N) is 3. The van der Waals surface area contributed by atoms with E-state index in [-0.39, 0.29) is 5.91 Å². The van der Waals surface area contributed by atoms with Crippen molar-refractivity contribution in [3.63, 3.8) is 0 Å². The van der Waals surface area contributed by atoms with E-state index in [1.54, 1.807) is 6.92 Å². The summed E-state index contributed by atoms with van der Waals surface area (Å²) in [5.41, 5.74) is 0. The molecule has 0 spiro atoms. The number of carbonyl (C=O) groups is 1. The summed E-state index contributed by atoms with van der Waals surface area (Å²) >= 11 is 0. The van der Waals surface area contributed by atoms with Crippen molar-refractivity contribution in [2.24, 2.45) is 0 Å². The predicted octanol–water partition coefficient (Wildman–Crippen LogP) is 1.04. The maximum absolute atomic E-state index is 11.4. The van der Waals surface area contributed by atoms with Crippen LogP contribution in [0.25, 0.3) is 0 Å². The number of rotatable bonds is 4. The lowest BCUT2D eigenvalue weighted by Crippen LogP contribution is -2.53. The molecule has 2 fully saturated rings. The first kappa shape index (κ1) is 16.7. The molecule has 5 nitrogen and oxygen atoms in total. The van der Waals surface area contributed by atoms with Gasteiger partial charge in [-0.2, -0.15) is 0 Å². The van der Waals surface area contributed by atoms with Crippen molar-refractivity contribution < 1.29 is 9.53 Å². The van der Waals surface area contributed by atoms with Gasteiger partial charge in [0.2, 0.25) is 5.91 Å². The fourth-order valence-electron chi connectivity index (χ4n) is 3.36. The Bertz CT molecular complexity index is 340. The number of carbonyl (C=O) groups excluding carboxylic acids is 1. The van der Waals surface area contributed by atoms with E-state index < -0.39 is 0 Å². The Kier molecular flexibility index (Phi) is 6.02. The van der Waals surface area contributed by atoms with Crippen LogP contribution in [-0.2, 0) is 9.53 Å². The molecule has 2 heterocycles. The van der Waals surface area contributed by atoms with Crippen LogP contribution in [0.2, 0.25) is 0 Å². The fraction of sp³-hybridized carbons (Fsp3) is 0.938. The fourth-order valence-corrected chi connectivity index (χ4v) is 3.36. The van der Waals surface area contributed by atoms with Crippen LogP contribution >= 0.6 is 0 Å². The van der Waals surface area contributed by atoms with Gasteiger partial charge in [0.25, 0.3) is 0 Å². The summed E-state index contributed by atoms with van der Waals surface area (Å²) < 4.78 is 5.95. The third-order valence-corrected chi connectivity index (χ3v) is 4.89. The van der Waals surface area contributed by atoms with Crippen molar-refractivity contribution in [2.75, 3.05) is 45.9 Å². The van der Waals surface area contributed by atoms with E-state index in [1.807, 2.05) is 4.90 Å². The van der Waals surface area contributed by atoms with Crippen LogP contribution in [0.15, 0.2) is 0 Å². The van der Waals surface area contributed by atoms with Crippen molar-refractivity contribution in [2.45, 2.75) is 52.3 Å². The monoisotopic (exact) mass is 297 g/mol. The first-order valence-electron chi connectivity index (χ1n) is 8.32. The smallest absolute Gasteiger partial charge is 0.219 e. The largest absolute Gasteiger partial charge is 0.375 e. The van der Waals surface area contributed by atoms with Gasteiger partial charge >= 0.3 is 0 Å². The van der Waals surface area contributed by atoms with Crippen molar-refractivity contribution >= 4 is 5.91 Å². The minimum absolute atomic E-state index is 0.200. The molecule has 0 radical (unpaired) electrons. The molecule has 2 unspecified atom stereocenters. The van der Waals surface area contributed by atoms with E-state index >= 15 is 0 Å². The maximum Gasteiger partial charge on any atom is 0.219 e. The number of morpholine rings is 1. The topological polar surface area (TPSA) is 36.0 Å². The van der Waals surface area contributed by atoms with Crippen LogP contribution in [0.5, 0.6) is 0 Å². The van der Waals surface area contributed by atoms with E-state index in [0.29, 0.717) is 18.2 Å². The minimum Gasteiger partial charge on any atom is -0.375 e. The van der Waals surface area contributed by atoms with Gasteiger partial charge in [0.05, 0.1) is 12.7 Å². The Morgan fingerprint density at radius 3 is 2.33 bits per heavy atom. The summed E-state index contributed by atoms with van der Waals surface area (Å²) in [6, 6.07) is 1.13. The standard InChI is InChI=1S/C16H31N3O2/c1-13(2)19-9-10-21-16(12-19)11-14(3)17-5-7-18(8-6-17)15(4)20/h13-14,16H,5-12H2,1-4H3. The molecule has 0 bridgehead atoms. The van der Waals surface area contributed by atoms with E-state index in [9.17, 15) is 4.79 Å². The van der Waals surface area contributed by atoms with E-state index in [4.69, 9.17) is 4.74 Å². The molecule has 5 heteroatoms. The molecule has 2 rings (SSSR count). The van der Waals surface area contributed by atoms with Crippen LogP contribution in [0, 0.1) is 0 Å². The summed E-state index contributed by atoms with van der Waals surface area (Å²) in [6.07, 6.45) is 1.44. The summed E-state index contributed by atoms with van der Waals surface area (Å²) in [5, 5.41) is 0. The van der Waals surface area contributed by atoms with Gasteiger partial charge in [-0.15, -0.1) is 0 Å². The van der Waals surface area contributed by atoms with Crippen molar-refractivity contribution in [3.05, 3.63) is 0 Å². The molecule has 2 aliphatic rings. The lowest BCUT2D eigenvalue weighted by molar-refractivity contribution is -0.131. The number of amides is 1. The van der Waals surface area contributed by atoms with Gasteiger partial charge in [-0.25, -0.2) is 0 Å². The lowest BCUT2D eigenvalue weighted by atomic mass is 10.1. The number of piperazine rings is 1. The van der Waals surface area contributed by atoms with Crippen LogP contribution < -0.4 is 0 Å². The Balaban J connectivity index is 1.76. The summed E-state index contributed by atoms with van der Waals surface area (Å²) in [7, 11) is 0. The molecule has 2 aliphatic heterocycles. The highest BCUT2D eigenvalue weighted by Gasteiger charge is 2.27. The highest BCUT2D eigenvalue weighted by Crippen LogP contribution is 2.17. The molecular formula is C16H31N3O2. The Morgan fingerprint density at radius 1 is 1.10 bits per heavy atom. The zero-order valence-corrected chi connectivity index (χ0v) is 14.0. The molecule has 122 valence electrons. The predicted molar refractivity (Wildman–Crippen MR) is 84.4 cm³/mol. The molecule has 0 saturated carbocycles. The molecule has 2 saturated heterocycles. The third-order valence-electron chi connectivity index (χ3n) is 4.89. The van der Waals surface area contributed by atoms with Gasteiger partial charge in [-0.05, 0) is 27.2 Å². The lowest BCUT2D eigenvalue weighted by Gasteiger charge is -2.41. The zero-order chi connectivity index (χ0) is 15.4. The van der Waals surface area contributed by atoms with Gasteiger partial charge in [0.15, 0.2) is 0 Å². The average molecular weight is 297 g/mol. The summed E-state index contributed by atoms with van der Waals surface area (Å²) in [6.45, 7) is 15.1. The molecule has 21 heavy (non-hydrogen) atoms. The van der Waals surface area contributed by atoms with Crippen molar-refractivity contribution in [3.8, 4) is 0 Å². The molecule has 1 amide bonds. The number of hydrogen-bond donors (Lipinski definition) is 0. The van der Waals surface area contributed by atoms with E-state index in [2.05, 4.69) is 30.6 Å². The van der Waals surface area contributed by atoms with Gasteiger partial charge in [-0.3, -0.25) is 14.6 Å². The SMILES string of the molecule is CC(=O)N1CCN(C(C)CC2CN(C(C)C)CCO2)CC1. The first-order valence-corrected chi connectivity index (χ1v) is 8.32. The van der Waals surface area contributed by atoms with Crippen LogP contribution in [0.3, 0.4) is 0 Å². The van der Waals surface area contributed by atoms with Gasteiger partial charge in [0, 0.05) is 58.3 Å². The summed E-state index contributed by atoms with van der Waals surface area (Å²) in [4.78, 5) is 18.3. The Labute approximate surface area is 129 Å². The molecule has 0 aliphatic carbocycles. The van der Waals surface area contributed by atoms with Crippen LogP contribution in [0.1, 0.15) is 34.1 Å². The van der Waals surface area contributed by atoms with Crippen LogP contribution in [0.4, 0.5) is 0 Å². The van der Waals surface area contributed by atoms with Crippen molar-refractivity contribution in [1.82, 2.24) is 14.7 Å². The van der Waals surface area contributed by atoms with Crippen molar-refractivity contribution in [1.29, 1.82) is 0 Å². The molecule has 0 aromatic carbocycles. The van der Waals surface area contributed by atoms with Gasteiger partial charge < -0.3 is 9.64 Å². The second kappa shape index (κ2) is 7.56. The number of ether oxygens (including phenoxy) is 1. The zero-order valence-electron chi connectivity index (χ0n) is 14.0. The minimum atomic E-state index is 0.200. The maximum atomic E-state index is 11.4. The van der Waals surface area contributed by atoms with Gasteiger partial charge in [0.1, 0.15) is 0 Å². The van der Waals surface area contributed by atoms with Gasteiger partial charge in [-0.1, -0.05) is 0 Å². The molecular weight excluding hydrogens is 266 g/mol. The Hall–Kier alpha value is -0.650. The second-order valence-electron chi connectivity index (χ2n) is 6.71. The molecule has 0 N–H and O–H groups in total. The quantitative estimate of drug-likeness (QED) is 0.777. The second-order valence-corrected chi connectivity index (χ2v) is 6.71. The molecule has 2 atom stereocenters. The van der Waals surface area contributed by atoms with Crippen LogP contribution in [-0.4, -0.2) is 84.7 Å². The first-order chi connectivity index (χ1) is 9.97. The number of hydrogen-bond acceptors (Lipinski definition) is 4. The average Bonchev–Trinajstić information content (AvgIpc) is 2.47. The molecule has 0 aromatic heterocycles. The van der Waals surface area contributed by atoms with E-state index in [0.717, 1.165) is 52.3 Å². The highest BCUT2D eigenvalue weighted by atomic mass is 16.5. The normalized spacial score (nSPS) is 27.1. The Morgan fingerprint density at radius 2 is 1.76 bits per heavy atom. The summed E-state index contributed by atoms with van der Waals surface area (Å²) in [5.74, 6) is 0.200. The third kappa shape index (κ3) is 4.66. The molecule has 0 aromatic rings. The van der Waals surface area contributed by atoms with E-state index in [1.165, 1.54) is 0 Å². The highest BCUT2D eigenvalue weighted by molar-refractivity contribution is 5.73.